The highest BCUT2D eigenvalue weighted by molar-refractivity contribution is 7.60. The average Bonchev–Trinajstić information content (AvgIpc) is 1.82. The highest BCUT2D eigenvalue weighted by Gasteiger charge is 2.17. The van der Waals surface area contributed by atoms with Crippen LogP contribution in [0, 0.1) is 0 Å². The molecule has 0 aromatic heterocycles. The molecular formula is C6H9N2O3P. The molecule has 0 aliphatic heterocycles. The van der Waals surface area contributed by atoms with Crippen molar-refractivity contribution in [1.29, 1.82) is 0 Å². The lowest BCUT2D eigenvalue weighted by Crippen LogP contribution is -2.06. The van der Waals surface area contributed by atoms with Gasteiger partial charge in [-0.25, -0.2) is 0 Å². The molecule has 1 aromatic carbocycles. The smallest absolute Gasteiger partial charge is 0.356 e. The van der Waals surface area contributed by atoms with Crippen LogP contribution >= 0.6 is 7.60 Å². The number of benzene rings is 1. The van der Waals surface area contributed by atoms with E-state index in [1.54, 1.807) is 0 Å². The number of anilines is 2. The maximum Gasteiger partial charge on any atom is 0.356 e. The first-order valence-electron chi connectivity index (χ1n) is 3.12. The van der Waals surface area contributed by atoms with Gasteiger partial charge in [0.2, 0.25) is 0 Å². The Hall–Kier alpha value is -1.03. The zero-order valence-corrected chi connectivity index (χ0v) is 7.03. The van der Waals surface area contributed by atoms with Crippen molar-refractivity contribution in [2.24, 2.45) is 0 Å². The Bertz CT molecular complexity index is 326. The summed E-state index contributed by atoms with van der Waals surface area (Å²) in [6.07, 6.45) is 0. The molecule has 0 radical (unpaired) electrons. The van der Waals surface area contributed by atoms with Gasteiger partial charge >= 0.3 is 7.60 Å². The van der Waals surface area contributed by atoms with E-state index in [-0.39, 0.29) is 16.7 Å². The molecule has 0 spiro atoms. The molecule has 12 heavy (non-hydrogen) atoms. The third kappa shape index (κ3) is 1.98. The fraction of sp³-hybridized carbons (Fsp3) is 0. The van der Waals surface area contributed by atoms with Crippen LogP contribution in [0.25, 0.3) is 0 Å². The molecule has 0 fully saturated rings. The lowest BCUT2D eigenvalue weighted by molar-refractivity contribution is 0.387. The molecule has 0 aliphatic carbocycles. The van der Waals surface area contributed by atoms with Crippen LogP contribution in [0.3, 0.4) is 0 Å². The van der Waals surface area contributed by atoms with E-state index in [1.165, 1.54) is 18.2 Å². The van der Waals surface area contributed by atoms with E-state index in [4.69, 9.17) is 21.3 Å². The summed E-state index contributed by atoms with van der Waals surface area (Å²) in [6.45, 7) is 0. The average molecular weight is 188 g/mol. The van der Waals surface area contributed by atoms with Crippen LogP contribution in [0.4, 0.5) is 11.4 Å². The van der Waals surface area contributed by atoms with Crippen LogP contribution in [0.5, 0.6) is 0 Å². The summed E-state index contributed by atoms with van der Waals surface area (Å²) in [4.78, 5) is 17.5. The fourth-order valence-corrected chi connectivity index (χ4v) is 1.46. The molecule has 0 bridgehead atoms. The minimum Gasteiger partial charge on any atom is -0.399 e. The Kier molecular flexibility index (Phi) is 2.10. The number of rotatable bonds is 1. The molecule has 0 saturated carbocycles. The highest BCUT2D eigenvalue weighted by atomic mass is 31.2. The quantitative estimate of drug-likeness (QED) is 0.356. The molecule has 0 atom stereocenters. The van der Waals surface area contributed by atoms with Gasteiger partial charge in [0.15, 0.2) is 0 Å². The first-order chi connectivity index (χ1) is 5.39. The van der Waals surface area contributed by atoms with Crippen LogP contribution in [0.2, 0.25) is 0 Å². The summed E-state index contributed by atoms with van der Waals surface area (Å²) in [5, 5.41) is -0.153. The van der Waals surface area contributed by atoms with Gasteiger partial charge in [0, 0.05) is 11.4 Å². The molecule has 0 amide bonds. The monoisotopic (exact) mass is 188 g/mol. The second kappa shape index (κ2) is 2.79. The normalized spacial score (nSPS) is 11.5. The third-order valence-electron chi connectivity index (χ3n) is 1.30. The third-order valence-corrected chi connectivity index (χ3v) is 2.23. The van der Waals surface area contributed by atoms with Gasteiger partial charge in [-0.2, -0.15) is 0 Å². The Balaban J connectivity index is 3.27. The molecule has 6 N–H and O–H groups in total. The Morgan fingerprint density at radius 3 is 1.83 bits per heavy atom. The molecule has 5 nitrogen and oxygen atoms in total. The lowest BCUT2D eigenvalue weighted by atomic mass is 10.3. The molecule has 66 valence electrons. The summed E-state index contributed by atoms with van der Waals surface area (Å²) in [5.74, 6) is 0. The van der Waals surface area contributed by atoms with E-state index in [9.17, 15) is 4.57 Å². The SMILES string of the molecule is Nc1cc(N)cc(P(=O)(O)O)c1. The summed E-state index contributed by atoms with van der Waals surface area (Å²) in [7, 11) is -4.23. The highest BCUT2D eigenvalue weighted by Crippen LogP contribution is 2.34. The molecule has 1 aromatic rings. The van der Waals surface area contributed by atoms with Crippen LogP contribution < -0.4 is 16.8 Å². The van der Waals surface area contributed by atoms with Crippen molar-refractivity contribution in [2.75, 3.05) is 11.5 Å². The van der Waals surface area contributed by atoms with Gasteiger partial charge in [0.25, 0.3) is 0 Å². The van der Waals surface area contributed by atoms with Gasteiger partial charge in [0.1, 0.15) is 0 Å². The molecule has 0 aliphatic rings. The molecule has 0 heterocycles. The van der Waals surface area contributed by atoms with Crippen LogP contribution in [-0.2, 0) is 4.57 Å². The van der Waals surface area contributed by atoms with Crippen molar-refractivity contribution in [3.8, 4) is 0 Å². The first-order valence-corrected chi connectivity index (χ1v) is 4.73. The van der Waals surface area contributed by atoms with E-state index in [0.29, 0.717) is 0 Å². The van der Waals surface area contributed by atoms with Crippen LogP contribution in [-0.4, -0.2) is 9.79 Å². The van der Waals surface area contributed by atoms with E-state index < -0.39 is 7.60 Å². The minimum atomic E-state index is -4.23. The molecule has 0 unspecified atom stereocenters. The first kappa shape index (κ1) is 9.06. The lowest BCUT2D eigenvalue weighted by Gasteiger charge is -2.05. The Labute approximate surface area is 69.2 Å². The van der Waals surface area contributed by atoms with Crippen molar-refractivity contribution in [3.63, 3.8) is 0 Å². The van der Waals surface area contributed by atoms with E-state index >= 15 is 0 Å². The van der Waals surface area contributed by atoms with Gasteiger partial charge in [-0.3, -0.25) is 4.57 Å². The fourth-order valence-electron chi connectivity index (χ4n) is 0.827. The van der Waals surface area contributed by atoms with Gasteiger partial charge in [-0.1, -0.05) is 0 Å². The second-order valence-corrected chi connectivity index (χ2v) is 4.01. The summed E-state index contributed by atoms with van der Waals surface area (Å²) >= 11 is 0. The number of nitrogens with two attached hydrogens (primary N) is 2. The summed E-state index contributed by atoms with van der Waals surface area (Å²) < 4.78 is 10.7. The Morgan fingerprint density at radius 1 is 1.08 bits per heavy atom. The molecule has 0 saturated heterocycles. The molecule has 6 heteroatoms. The number of hydrogen-bond acceptors (Lipinski definition) is 3. The van der Waals surface area contributed by atoms with E-state index in [2.05, 4.69) is 0 Å². The van der Waals surface area contributed by atoms with Gasteiger partial charge in [-0.15, -0.1) is 0 Å². The summed E-state index contributed by atoms with van der Waals surface area (Å²) in [6, 6.07) is 3.84. The minimum absolute atomic E-state index is 0.153. The predicted octanol–water partition coefficient (Wildman–Crippen LogP) is -0.346. The zero-order chi connectivity index (χ0) is 9.35. The topological polar surface area (TPSA) is 110 Å². The Morgan fingerprint density at radius 2 is 1.50 bits per heavy atom. The van der Waals surface area contributed by atoms with Crippen LogP contribution in [0.15, 0.2) is 18.2 Å². The largest absolute Gasteiger partial charge is 0.399 e. The molecular weight excluding hydrogens is 179 g/mol. The van der Waals surface area contributed by atoms with Crippen molar-refractivity contribution >= 4 is 24.3 Å². The zero-order valence-electron chi connectivity index (χ0n) is 6.14. The second-order valence-electron chi connectivity index (χ2n) is 2.40. The van der Waals surface area contributed by atoms with Gasteiger partial charge in [-0.05, 0) is 18.2 Å². The standard InChI is InChI=1S/C6H9N2O3P/c7-4-1-5(8)3-6(2-4)12(9,10)11/h1-3H,7-8H2,(H2,9,10,11). The maximum absolute atomic E-state index is 10.7. The summed E-state index contributed by atoms with van der Waals surface area (Å²) in [5.41, 5.74) is 11.2. The van der Waals surface area contributed by atoms with Crippen molar-refractivity contribution in [1.82, 2.24) is 0 Å². The van der Waals surface area contributed by atoms with E-state index in [1.807, 2.05) is 0 Å². The van der Waals surface area contributed by atoms with Crippen molar-refractivity contribution < 1.29 is 14.4 Å². The number of nitrogen functional groups attached to an aromatic ring is 2. The van der Waals surface area contributed by atoms with Crippen molar-refractivity contribution in [2.45, 2.75) is 0 Å². The van der Waals surface area contributed by atoms with Crippen molar-refractivity contribution in [3.05, 3.63) is 18.2 Å². The van der Waals surface area contributed by atoms with Gasteiger partial charge < -0.3 is 21.3 Å². The van der Waals surface area contributed by atoms with Crippen LogP contribution in [0.1, 0.15) is 0 Å². The molecule has 1 rings (SSSR count). The predicted molar refractivity (Wildman–Crippen MR) is 46.9 cm³/mol. The maximum atomic E-state index is 10.7. The number of hydrogen-bond donors (Lipinski definition) is 4. The van der Waals surface area contributed by atoms with E-state index in [0.717, 1.165) is 0 Å². The van der Waals surface area contributed by atoms with Gasteiger partial charge in [0.05, 0.1) is 5.30 Å².